The maximum Gasteiger partial charge on any atom is 0.0406 e. The van der Waals surface area contributed by atoms with Crippen LogP contribution in [0.25, 0.3) is 0 Å². The fraction of sp³-hybridized carbons (Fsp3) is 0.143. The molecule has 0 bridgehead atoms. The van der Waals surface area contributed by atoms with Gasteiger partial charge >= 0.3 is 0 Å². The van der Waals surface area contributed by atoms with Gasteiger partial charge in [0.15, 0.2) is 0 Å². The Labute approximate surface area is 63.3 Å². The Kier molecular flexibility index (Phi) is 2.31. The molecule has 0 heterocycles. The highest BCUT2D eigenvalue weighted by atomic mass is 35.5. The zero-order valence-electron chi connectivity index (χ0n) is 4.97. The lowest BCUT2D eigenvalue weighted by Gasteiger charge is -1.92. The third-order valence-electron chi connectivity index (χ3n) is 1.15. The highest BCUT2D eigenvalue weighted by Gasteiger charge is 1.86. The molecule has 1 aromatic rings. The second kappa shape index (κ2) is 3.04. The number of hydrogen-bond donors (Lipinski definition) is 0. The van der Waals surface area contributed by atoms with Crippen molar-refractivity contribution in [3.63, 3.8) is 0 Å². The van der Waals surface area contributed by atoms with E-state index in [0.29, 0.717) is 0 Å². The summed E-state index contributed by atoms with van der Waals surface area (Å²) in [5.74, 6) is 0. The minimum Gasteiger partial charge on any atom is -0.0843 e. The zero-order valence-corrected chi connectivity index (χ0v) is 6.88. The molecule has 0 aliphatic carbocycles. The molecule has 9 heavy (non-hydrogen) atoms. The summed E-state index contributed by atoms with van der Waals surface area (Å²) in [6.45, 7) is 0. The molecular formula is C7H7ClSi. The molecule has 0 nitrogen and oxygen atoms in total. The third kappa shape index (κ3) is 1.84. The lowest BCUT2D eigenvalue weighted by molar-refractivity contribution is 1.40. The van der Waals surface area contributed by atoms with E-state index in [-0.39, 0.29) is 0 Å². The van der Waals surface area contributed by atoms with Crippen molar-refractivity contribution in [3.05, 3.63) is 34.9 Å². The predicted octanol–water partition coefficient (Wildman–Crippen LogP) is 1.74. The van der Waals surface area contributed by atoms with Crippen molar-refractivity contribution in [1.82, 2.24) is 0 Å². The molecule has 0 fully saturated rings. The van der Waals surface area contributed by atoms with Crippen molar-refractivity contribution >= 4 is 21.8 Å². The van der Waals surface area contributed by atoms with Gasteiger partial charge in [0, 0.05) is 15.3 Å². The van der Waals surface area contributed by atoms with E-state index >= 15 is 0 Å². The Bertz CT molecular complexity index is 181. The van der Waals surface area contributed by atoms with Crippen molar-refractivity contribution < 1.29 is 0 Å². The first-order valence-corrected chi connectivity index (χ1v) is 3.97. The van der Waals surface area contributed by atoms with Crippen molar-refractivity contribution in [2.45, 2.75) is 6.04 Å². The van der Waals surface area contributed by atoms with Crippen molar-refractivity contribution in [1.29, 1.82) is 0 Å². The van der Waals surface area contributed by atoms with Gasteiger partial charge in [-0.15, -0.1) is 0 Å². The van der Waals surface area contributed by atoms with Gasteiger partial charge in [0.2, 0.25) is 0 Å². The second-order valence-electron chi connectivity index (χ2n) is 1.83. The monoisotopic (exact) mass is 154 g/mol. The molecule has 0 spiro atoms. The molecule has 46 valence electrons. The smallest absolute Gasteiger partial charge is 0.0406 e. The van der Waals surface area contributed by atoms with E-state index in [1.54, 1.807) is 0 Å². The minimum atomic E-state index is 0.803. The number of hydrogen-bond acceptors (Lipinski definition) is 0. The van der Waals surface area contributed by atoms with E-state index in [0.717, 1.165) is 11.1 Å². The van der Waals surface area contributed by atoms with Crippen molar-refractivity contribution in [2.24, 2.45) is 0 Å². The normalized spacial score (nSPS) is 9.56. The topological polar surface area (TPSA) is 0 Å². The first-order valence-electron chi connectivity index (χ1n) is 2.77. The van der Waals surface area contributed by atoms with E-state index in [2.05, 4.69) is 10.2 Å². The summed E-state index contributed by atoms with van der Waals surface area (Å²) in [6.07, 6.45) is 0. The van der Waals surface area contributed by atoms with Gasteiger partial charge < -0.3 is 0 Å². The minimum absolute atomic E-state index is 0.803. The van der Waals surface area contributed by atoms with Gasteiger partial charge in [-0.3, -0.25) is 0 Å². The Morgan fingerprint density at radius 3 is 2.22 bits per heavy atom. The molecule has 0 aromatic heterocycles. The van der Waals surface area contributed by atoms with Crippen LogP contribution < -0.4 is 0 Å². The van der Waals surface area contributed by atoms with Crippen LogP contribution in [0.15, 0.2) is 24.3 Å². The molecule has 0 N–H and O–H groups in total. The first-order chi connectivity index (χ1) is 4.33. The summed E-state index contributed by atoms with van der Waals surface area (Å²) in [6, 6.07) is 8.85. The standard InChI is InChI=1S/C7H7ClSi/c8-7-3-1-6(5-9)2-4-7/h1-4,9H,5H2. The lowest BCUT2D eigenvalue weighted by Crippen LogP contribution is -1.80. The summed E-state index contributed by atoms with van der Waals surface area (Å²) < 4.78 is 0. The van der Waals surface area contributed by atoms with Crippen molar-refractivity contribution in [3.8, 4) is 0 Å². The van der Waals surface area contributed by atoms with Crippen LogP contribution in [0, 0.1) is 0 Å². The van der Waals surface area contributed by atoms with Crippen molar-refractivity contribution in [2.75, 3.05) is 0 Å². The first kappa shape index (κ1) is 6.84. The number of halogens is 1. The van der Waals surface area contributed by atoms with E-state index in [9.17, 15) is 0 Å². The zero-order chi connectivity index (χ0) is 6.69. The molecule has 1 aromatic carbocycles. The van der Waals surface area contributed by atoms with E-state index in [1.807, 2.05) is 24.3 Å². The van der Waals surface area contributed by atoms with E-state index in [4.69, 9.17) is 11.6 Å². The molecule has 1 rings (SSSR count). The summed E-state index contributed by atoms with van der Waals surface area (Å²) in [5.41, 5.74) is 1.30. The van der Waals surface area contributed by atoms with E-state index in [1.165, 1.54) is 5.56 Å². The Morgan fingerprint density at radius 1 is 1.22 bits per heavy atom. The van der Waals surface area contributed by atoms with Gasteiger partial charge in [-0.25, -0.2) is 0 Å². The summed E-state index contributed by atoms with van der Waals surface area (Å²) in [4.78, 5) is 0. The maximum atomic E-state index is 5.66. The number of rotatable bonds is 1. The highest BCUT2D eigenvalue weighted by Crippen LogP contribution is 2.08. The van der Waals surface area contributed by atoms with Gasteiger partial charge in [0.05, 0.1) is 0 Å². The van der Waals surface area contributed by atoms with Crippen LogP contribution in [0.5, 0.6) is 0 Å². The van der Waals surface area contributed by atoms with Crippen LogP contribution >= 0.6 is 11.6 Å². The molecule has 0 aliphatic rings. The quantitative estimate of drug-likeness (QED) is 0.541. The lowest BCUT2D eigenvalue weighted by atomic mass is 10.2. The molecule has 0 aliphatic heterocycles. The highest BCUT2D eigenvalue weighted by molar-refractivity contribution is 6.30. The SMILES string of the molecule is [SiH]Cc1ccc(Cl)cc1. The van der Waals surface area contributed by atoms with Crippen LogP contribution in [-0.2, 0) is 6.04 Å². The molecule has 0 saturated carbocycles. The Morgan fingerprint density at radius 2 is 1.78 bits per heavy atom. The van der Waals surface area contributed by atoms with Gasteiger partial charge in [-0.1, -0.05) is 29.3 Å². The summed E-state index contributed by atoms with van der Waals surface area (Å²) in [5, 5.41) is 0.803. The summed E-state index contributed by atoms with van der Waals surface area (Å²) >= 11 is 5.66. The van der Waals surface area contributed by atoms with Gasteiger partial charge in [0.1, 0.15) is 0 Å². The van der Waals surface area contributed by atoms with Gasteiger partial charge in [-0.05, 0) is 18.2 Å². The molecular weight excluding hydrogens is 148 g/mol. The molecule has 0 saturated heterocycles. The Balaban J connectivity index is 2.88. The van der Waals surface area contributed by atoms with Gasteiger partial charge in [0.25, 0.3) is 0 Å². The predicted molar refractivity (Wildman–Crippen MR) is 42.3 cm³/mol. The summed E-state index contributed by atoms with van der Waals surface area (Å²) in [7, 11) is 2.67. The third-order valence-corrected chi connectivity index (χ3v) is 1.87. The Hall–Kier alpha value is -0.273. The fourth-order valence-corrected chi connectivity index (χ4v) is 1.02. The molecule has 2 heteroatoms. The maximum absolute atomic E-state index is 5.66. The largest absolute Gasteiger partial charge is 0.0843 e. The fourth-order valence-electron chi connectivity index (χ4n) is 0.620. The van der Waals surface area contributed by atoms with Crippen LogP contribution in [0.2, 0.25) is 5.02 Å². The van der Waals surface area contributed by atoms with Crippen LogP contribution in [-0.4, -0.2) is 10.2 Å². The van der Waals surface area contributed by atoms with Crippen LogP contribution in [0.3, 0.4) is 0 Å². The van der Waals surface area contributed by atoms with Crippen LogP contribution in [0.4, 0.5) is 0 Å². The molecule has 0 amide bonds. The van der Waals surface area contributed by atoms with E-state index < -0.39 is 0 Å². The molecule has 0 atom stereocenters. The second-order valence-corrected chi connectivity index (χ2v) is 2.68. The van der Waals surface area contributed by atoms with Crippen LogP contribution in [0.1, 0.15) is 5.56 Å². The molecule has 0 unspecified atom stereocenters. The average Bonchev–Trinajstić information content (AvgIpc) is 1.90. The van der Waals surface area contributed by atoms with Gasteiger partial charge in [-0.2, -0.15) is 0 Å². The molecule has 2 radical (unpaired) electrons. The average molecular weight is 155 g/mol. The number of benzene rings is 1.